The predicted molar refractivity (Wildman–Crippen MR) is 123 cm³/mol. The molecule has 0 aromatic heterocycles. The van der Waals surface area contributed by atoms with E-state index < -0.39 is 17.7 Å². The molecule has 3 aromatic rings. The number of para-hydroxylation sites is 3. The van der Waals surface area contributed by atoms with E-state index in [0.717, 1.165) is 16.9 Å². The van der Waals surface area contributed by atoms with Gasteiger partial charge in [-0.05, 0) is 29.8 Å². The molecule has 0 amide bonds. The zero-order valence-corrected chi connectivity index (χ0v) is 18.5. The molecule has 0 radical (unpaired) electrons. The molecule has 0 N–H and O–H groups in total. The van der Waals surface area contributed by atoms with Gasteiger partial charge < -0.3 is 9.42 Å². The molecule has 3 aromatic carbocycles. The first kappa shape index (κ1) is 20.9. The monoisotopic (exact) mass is 434 g/mol. The molecule has 0 fully saturated rings. The minimum atomic E-state index is -3.66. The summed E-state index contributed by atoms with van der Waals surface area (Å²) in [6.07, 6.45) is 0. The highest BCUT2D eigenvalue weighted by molar-refractivity contribution is 7.70. The molecule has 0 spiro atoms. The minimum absolute atomic E-state index is 0.0208. The van der Waals surface area contributed by atoms with Gasteiger partial charge in [0.2, 0.25) is 5.75 Å². The van der Waals surface area contributed by atoms with Crippen molar-refractivity contribution >= 4 is 24.0 Å². The van der Waals surface area contributed by atoms with E-state index in [0.29, 0.717) is 5.30 Å². The second kappa shape index (κ2) is 7.71. The molecule has 158 valence electrons. The van der Waals surface area contributed by atoms with Crippen LogP contribution in [0.15, 0.2) is 90.4 Å². The summed E-state index contributed by atoms with van der Waals surface area (Å²) in [4.78, 5) is 13.0. The molecule has 0 saturated carbocycles. The van der Waals surface area contributed by atoms with Gasteiger partial charge >= 0.3 is 13.1 Å². The smallest absolute Gasteiger partial charge is 0.311 e. The Morgan fingerprint density at radius 2 is 1.58 bits per heavy atom. The van der Waals surface area contributed by atoms with E-state index in [1.165, 1.54) is 12.1 Å². The first-order valence-corrected chi connectivity index (χ1v) is 11.6. The topological polar surface area (TPSA) is 72.7 Å². The second-order valence-electron chi connectivity index (χ2n) is 7.96. The highest BCUT2D eigenvalue weighted by Crippen LogP contribution is 2.55. The van der Waals surface area contributed by atoms with Crippen molar-refractivity contribution < 1.29 is 14.0 Å². The molecule has 0 bridgehead atoms. The van der Waals surface area contributed by atoms with Gasteiger partial charge in [-0.3, -0.25) is 14.7 Å². The van der Waals surface area contributed by atoms with Crippen LogP contribution >= 0.6 is 7.37 Å². The van der Waals surface area contributed by atoms with E-state index in [-0.39, 0.29) is 11.4 Å². The fourth-order valence-electron chi connectivity index (χ4n) is 4.01. The summed E-state index contributed by atoms with van der Waals surface area (Å²) in [5.74, 6) is 1.63. The standard InChI is InChI=1S/C24H23N2O4P/c1-24(2)19-13-7-8-14-20(19)25(3)23(24)17-31(29,18-11-5-4-6-12-18)30-22-16-10-9-15-21(22)26(27)28/h4-17H,1-3H3. The zero-order chi connectivity index (χ0) is 22.2. The van der Waals surface area contributed by atoms with Crippen LogP contribution in [0.1, 0.15) is 19.4 Å². The number of nitrogens with zero attached hydrogens (tertiary/aromatic N) is 2. The van der Waals surface area contributed by atoms with Crippen LogP contribution in [0, 0.1) is 10.1 Å². The lowest BCUT2D eigenvalue weighted by Crippen LogP contribution is -2.24. The minimum Gasteiger partial charge on any atom is -0.430 e. The van der Waals surface area contributed by atoms with Crippen molar-refractivity contribution in [3.63, 3.8) is 0 Å². The van der Waals surface area contributed by atoms with Gasteiger partial charge in [-0.25, -0.2) is 0 Å². The molecule has 1 atom stereocenters. The third-order valence-corrected chi connectivity index (χ3v) is 7.72. The van der Waals surface area contributed by atoms with E-state index >= 15 is 0 Å². The highest BCUT2D eigenvalue weighted by Gasteiger charge is 2.41. The van der Waals surface area contributed by atoms with Crippen LogP contribution in [0.2, 0.25) is 0 Å². The van der Waals surface area contributed by atoms with Crippen molar-refractivity contribution in [2.45, 2.75) is 19.3 Å². The zero-order valence-electron chi connectivity index (χ0n) is 17.6. The average molecular weight is 434 g/mol. The number of likely N-dealkylation sites (N-methyl/N-ethyl adjacent to an activating group) is 1. The number of nitro groups is 1. The maximum atomic E-state index is 14.4. The average Bonchev–Trinajstić information content (AvgIpc) is 2.95. The van der Waals surface area contributed by atoms with E-state index in [2.05, 4.69) is 19.9 Å². The number of allylic oxidation sites excluding steroid dienone is 1. The quantitative estimate of drug-likeness (QED) is 0.286. The van der Waals surface area contributed by atoms with E-state index in [4.69, 9.17) is 4.52 Å². The van der Waals surface area contributed by atoms with Gasteiger partial charge in [0.1, 0.15) is 0 Å². The highest BCUT2D eigenvalue weighted by atomic mass is 31.2. The molecule has 1 aliphatic rings. The normalized spacial score (nSPS) is 17.8. The first-order valence-electron chi connectivity index (χ1n) is 9.89. The van der Waals surface area contributed by atoms with Gasteiger partial charge in [-0.15, -0.1) is 0 Å². The number of hydrogen-bond donors (Lipinski definition) is 0. The summed E-state index contributed by atoms with van der Waals surface area (Å²) in [6, 6.07) is 22.9. The van der Waals surface area contributed by atoms with Crippen molar-refractivity contribution in [3.8, 4) is 5.75 Å². The summed E-state index contributed by atoms with van der Waals surface area (Å²) in [7, 11) is -1.73. The fraction of sp³-hybridized carbons (Fsp3) is 0.167. The molecule has 0 aliphatic carbocycles. The van der Waals surface area contributed by atoms with Gasteiger partial charge in [0, 0.05) is 35.7 Å². The number of anilines is 1. The van der Waals surface area contributed by atoms with Crippen molar-refractivity contribution in [2.24, 2.45) is 0 Å². The lowest BCUT2D eigenvalue weighted by atomic mass is 9.84. The van der Waals surface area contributed by atoms with Crippen molar-refractivity contribution in [1.29, 1.82) is 0 Å². The Morgan fingerprint density at radius 3 is 2.26 bits per heavy atom. The predicted octanol–water partition coefficient (Wildman–Crippen LogP) is 5.85. The number of rotatable bonds is 5. The van der Waals surface area contributed by atoms with Gasteiger partial charge in [0.05, 0.1) is 10.2 Å². The van der Waals surface area contributed by atoms with Crippen molar-refractivity contribution in [3.05, 3.63) is 106 Å². The Balaban J connectivity index is 1.88. The molecular weight excluding hydrogens is 411 g/mol. The van der Waals surface area contributed by atoms with Crippen LogP contribution in [0.25, 0.3) is 0 Å². The van der Waals surface area contributed by atoms with E-state index in [1.807, 2.05) is 36.2 Å². The molecule has 6 nitrogen and oxygen atoms in total. The Bertz CT molecular complexity index is 1220. The summed E-state index contributed by atoms with van der Waals surface area (Å²) in [5.41, 5.74) is 2.33. The molecule has 1 heterocycles. The summed E-state index contributed by atoms with van der Waals surface area (Å²) in [5, 5.41) is 12.0. The number of hydrogen-bond acceptors (Lipinski definition) is 5. The van der Waals surface area contributed by atoms with Crippen LogP contribution in [0.4, 0.5) is 11.4 Å². The lowest BCUT2D eigenvalue weighted by molar-refractivity contribution is -0.385. The lowest BCUT2D eigenvalue weighted by Gasteiger charge is -2.26. The molecule has 1 aliphatic heterocycles. The van der Waals surface area contributed by atoms with Crippen LogP contribution in [0.5, 0.6) is 5.75 Å². The molecule has 0 saturated heterocycles. The Kier molecular flexibility index (Phi) is 5.19. The third-order valence-electron chi connectivity index (χ3n) is 5.64. The Morgan fingerprint density at radius 1 is 0.968 bits per heavy atom. The SMILES string of the molecule is CN1C(=CP(=O)(Oc2ccccc2[N+](=O)[O-])c2ccccc2)C(C)(C)c2ccccc21. The molecule has 1 unspecified atom stereocenters. The molecule has 31 heavy (non-hydrogen) atoms. The molecular formula is C24H23N2O4P. The first-order chi connectivity index (χ1) is 14.7. The second-order valence-corrected chi connectivity index (χ2v) is 10.1. The van der Waals surface area contributed by atoms with Crippen LogP contribution in [-0.4, -0.2) is 12.0 Å². The maximum absolute atomic E-state index is 14.4. The van der Waals surface area contributed by atoms with E-state index in [9.17, 15) is 14.7 Å². The van der Waals surface area contributed by atoms with Crippen molar-refractivity contribution in [2.75, 3.05) is 11.9 Å². The fourth-order valence-corrected chi connectivity index (χ4v) is 6.17. The van der Waals surface area contributed by atoms with Crippen LogP contribution in [-0.2, 0) is 9.98 Å². The summed E-state index contributed by atoms with van der Waals surface area (Å²) in [6.45, 7) is 4.14. The van der Waals surface area contributed by atoms with Gasteiger partial charge in [-0.2, -0.15) is 0 Å². The largest absolute Gasteiger partial charge is 0.430 e. The Labute approximate surface area is 181 Å². The van der Waals surface area contributed by atoms with E-state index in [1.54, 1.807) is 42.2 Å². The number of benzene rings is 3. The third kappa shape index (κ3) is 3.64. The number of nitro benzene ring substituents is 1. The molecule has 7 heteroatoms. The maximum Gasteiger partial charge on any atom is 0.311 e. The van der Waals surface area contributed by atoms with Gasteiger partial charge in [-0.1, -0.05) is 62.4 Å². The number of fused-ring (bicyclic) bond motifs is 1. The molecule has 4 rings (SSSR count). The van der Waals surface area contributed by atoms with Crippen molar-refractivity contribution in [1.82, 2.24) is 0 Å². The van der Waals surface area contributed by atoms with Crippen LogP contribution in [0.3, 0.4) is 0 Å². The summed E-state index contributed by atoms with van der Waals surface area (Å²) >= 11 is 0. The van der Waals surface area contributed by atoms with Gasteiger partial charge in [0.15, 0.2) is 0 Å². The Hall–Kier alpha value is -3.37. The van der Waals surface area contributed by atoms with Gasteiger partial charge in [0.25, 0.3) is 0 Å². The van der Waals surface area contributed by atoms with Crippen LogP contribution < -0.4 is 14.7 Å². The summed E-state index contributed by atoms with van der Waals surface area (Å²) < 4.78 is 20.3.